The van der Waals surface area contributed by atoms with Gasteiger partial charge in [-0.25, -0.2) is 13.2 Å². The summed E-state index contributed by atoms with van der Waals surface area (Å²) < 4.78 is 38.5. The highest BCUT2D eigenvalue weighted by Gasteiger charge is 2.43. The molecule has 1 amide bonds. The lowest BCUT2D eigenvalue weighted by Crippen LogP contribution is -2.56. The van der Waals surface area contributed by atoms with Gasteiger partial charge in [0.2, 0.25) is 0 Å². The summed E-state index contributed by atoms with van der Waals surface area (Å²) >= 11 is 0. The van der Waals surface area contributed by atoms with Gasteiger partial charge >= 0.3 is 5.97 Å². The van der Waals surface area contributed by atoms with Gasteiger partial charge in [-0.15, -0.1) is 0 Å². The number of carbonyl (C=O) groups is 2. The Bertz CT molecular complexity index is 1120. The molecule has 33 heavy (non-hydrogen) atoms. The van der Waals surface area contributed by atoms with Crippen molar-refractivity contribution in [2.24, 2.45) is 5.92 Å². The average Bonchev–Trinajstić information content (AvgIpc) is 2.80. The van der Waals surface area contributed by atoms with E-state index in [0.717, 1.165) is 12.8 Å². The number of carbonyl (C=O) groups excluding carboxylic acids is 2. The van der Waals surface area contributed by atoms with Gasteiger partial charge in [-0.1, -0.05) is 13.0 Å². The number of hydrogen-bond acceptors (Lipinski definition) is 6. The third-order valence-corrected chi connectivity index (χ3v) is 7.54. The normalized spacial score (nSPS) is 20.5. The van der Waals surface area contributed by atoms with E-state index in [-0.39, 0.29) is 10.5 Å². The van der Waals surface area contributed by atoms with Crippen LogP contribution in [0.5, 0.6) is 5.75 Å². The first-order chi connectivity index (χ1) is 15.6. The molecule has 0 unspecified atom stereocenters. The fourth-order valence-electron chi connectivity index (χ4n) is 4.00. The summed E-state index contributed by atoms with van der Waals surface area (Å²) in [5.74, 6) is 0.0714. The standard InChI is InChI=1S/C24H30N2O6S/c1-16-11-13-24(14-12-16,23(28)32-4)25-22(27)21-15-20(10-5-17(21)2)33(29,30)26-18-6-8-19(31-3)9-7-18/h5-10,15-16,26H,11-14H2,1-4H3,(H,25,27). The Morgan fingerprint density at radius 2 is 1.67 bits per heavy atom. The fourth-order valence-corrected chi connectivity index (χ4v) is 5.09. The molecule has 0 atom stereocenters. The van der Waals surface area contributed by atoms with Crippen molar-refractivity contribution in [2.45, 2.75) is 50.0 Å². The third-order valence-electron chi connectivity index (χ3n) is 6.16. The van der Waals surface area contributed by atoms with Crippen LogP contribution in [0.4, 0.5) is 5.69 Å². The Morgan fingerprint density at radius 1 is 1.03 bits per heavy atom. The summed E-state index contributed by atoms with van der Waals surface area (Å²) in [6, 6.07) is 10.8. The summed E-state index contributed by atoms with van der Waals surface area (Å²) in [6.45, 7) is 3.83. The van der Waals surface area contributed by atoms with E-state index in [9.17, 15) is 18.0 Å². The molecule has 1 fully saturated rings. The largest absolute Gasteiger partial charge is 0.497 e. The molecular formula is C24H30N2O6S. The number of nitrogens with one attached hydrogen (secondary N) is 2. The third kappa shape index (κ3) is 5.47. The molecule has 2 aromatic carbocycles. The Morgan fingerprint density at radius 3 is 2.24 bits per heavy atom. The monoisotopic (exact) mass is 474 g/mol. The van der Waals surface area contributed by atoms with Crippen molar-refractivity contribution >= 4 is 27.6 Å². The fraction of sp³-hybridized carbons (Fsp3) is 0.417. The van der Waals surface area contributed by atoms with Crippen LogP contribution in [0.2, 0.25) is 0 Å². The van der Waals surface area contributed by atoms with Gasteiger partial charge in [0.1, 0.15) is 11.3 Å². The van der Waals surface area contributed by atoms with E-state index in [1.54, 1.807) is 37.3 Å². The van der Waals surface area contributed by atoms with Gasteiger partial charge < -0.3 is 14.8 Å². The zero-order valence-corrected chi connectivity index (χ0v) is 20.1. The van der Waals surface area contributed by atoms with E-state index >= 15 is 0 Å². The first kappa shape index (κ1) is 24.6. The molecule has 9 heteroatoms. The molecular weight excluding hydrogens is 444 g/mol. The Hall–Kier alpha value is -3.07. The van der Waals surface area contributed by atoms with Gasteiger partial charge in [0, 0.05) is 11.3 Å². The molecule has 178 valence electrons. The Kier molecular flexibility index (Phi) is 7.31. The molecule has 8 nitrogen and oxygen atoms in total. The highest BCUT2D eigenvalue weighted by atomic mass is 32.2. The first-order valence-corrected chi connectivity index (χ1v) is 12.3. The number of rotatable bonds is 7. The van der Waals surface area contributed by atoms with E-state index in [0.29, 0.717) is 35.8 Å². The van der Waals surface area contributed by atoms with Gasteiger partial charge in [-0.2, -0.15) is 0 Å². The predicted octanol–water partition coefficient (Wildman–Crippen LogP) is 3.66. The Balaban J connectivity index is 1.86. The molecule has 2 aromatic rings. The Labute approximate surface area is 194 Å². The summed E-state index contributed by atoms with van der Waals surface area (Å²) in [7, 11) is -1.12. The van der Waals surface area contributed by atoms with Gasteiger partial charge in [0.25, 0.3) is 15.9 Å². The summed E-state index contributed by atoms with van der Waals surface area (Å²) in [6.07, 6.45) is 2.52. The second kappa shape index (κ2) is 9.82. The quantitative estimate of drug-likeness (QED) is 0.593. The summed E-state index contributed by atoms with van der Waals surface area (Å²) in [4.78, 5) is 25.7. The number of benzene rings is 2. The van der Waals surface area contributed by atoms with Crippen LogP contribution in [0.1, 0.15) is 48.5 Å². The average molecular weight is 475 g/mol. The van der Waals surface area contributed by atoms with Crippen LogP contribution < -0.4 is 14.8 Å². The molecule has 0 aromatic heterocycles. The zero-order valence-electron chi connectivity index (χ0n) is 19.3. The van der Waals surface area contributed by atoms with E-state index in [1.165, 1.54) is 26.4 Å². The second-order valence-electron chi connectivity index (χ2n) is 8.52. The molecule has 1 aliphatic carbocycles. The second-order valence-corrected chi connectivity index (χ2v) is 10.2. The summed E-state index contributed by atoms with van der Waals surface area (Å²) in [5, 5.41) is 2.86. The van der Waals surface area contributed by atoms with E-state index in [1.807, 2.05) is 0 Å². The first-order valence-electron chi connectivity index (χ1n) is 10.8. The van der Waals surface area contributed by atoms with Crippen LogP contribution in [-0.4, -0.2) is 40.1 Å². The molecule has 3 rings (SSSR count). The molecule has 2 N–H and O–H groups in total. The molecule has 0 radical (unpaired) electrons. The van der Waals surface area contributed by atoms with Crippen LogP contribution in [0.25, 0.3) is 0 Å². The number of hydrogen-bond donors (Lipinski definition) is 2. The van der Waals surface area contributed by atoms with Crippen LogP contribution in [0, 0.1) is 12.8 Å². The molecule has 0 saturated heterocycles. The minimum absolute atomic E-state index is 0.0570. The van der Waals surface area contributed by atoms with Crippen LogP contribution in [0.15, 0.2) is 47.4 Å². The maximum absolute atomic E-state index is 13.2. The van der Waals surface area contributed by atoms with Crippen LogP contribution in [0.3, 0.4) is 0 Å². The van der Waals surface area contributed by atoms with Crippen molar-refractivity contribution in [3.8, 4) is 5.75 Å². The summed E-state index contributed by atoms with van der Waals surface area (Å²) in [5.41, 5.74) is 0.0408. The van der Waals surface area contributed by atoms with Gasteiger partial charge in [0.05, 0.1) is 19.1 Å². The number of esters is 1. The molecule has 0 spiro atoms. The van der Waals surface area contributed by atoms with E-state index in [4.69, 9.17) is 9.47 Å². The van der Waals surface area contributed by atoms with Crippen molar-refractivity contribution in [1.82, 2.24) is 5.32 Å². The lowest BCUT2D eigenvalue weighted by molar-refractivity contribution is -0.150. The van der Waals surface area contributed by atoms with Gasteiger partial charge in [-0.05, 0) is 80.5 Å². The highest BCUT2D eigenvalue weighted by molar-refractivity contribution is 7.92. The smallest absolute Gasteiger partial charge is 0.331 e. The van der Waals surface area contributed by atoms with Crippen molar-refractivity contribution in [3.05, 3.63) is 53.6 Å². The SMILES string of the molecule is COC(=O)C1(NC(=O)c2cc(S(=O)(=O)Nc3ccc(OC)cc3)ccc2C)CCC(C)CC1. The molecule has 1 saturated carbocycles. The highest BCUT2D eigenvalue weighted by Crippen LogP contribution is 2.33. The maximum atomic E-state index is 13.2. The van der Waals surface area contributed by atoms with Crippen molar-refractivity contribution < 1.29 is 27.5 Å². The predicted molar refractivity (Wildman–Crippen MR) is 125 cm³/mol. The number of methoxy groups -OCH3 is 2. The number of anilines is 1. The number of ether oxygens (including phenoxy) is 2. The van der Waals surface area contributed by atoms with E-state index in [2.05, 4.69) is 17.0 Å². The minimum Gasteiger partial charge on any atom is -0.497 e. The molecule has 0 heterocycles. The molecule has 0 bridgehead atoms. The lowest BCUT2D eigenvalue weighted by Gasteiger charge is -2.37. The number of sulfonamides is 1. The van der Waals surface area contributed by atoms with E-state index < -0.39 is 27.4 Å². The van der Waals surface area contributed by atoms with Crippen molar-refractivity contribution in [2.75, 3.05) is 18.9 Å². The van der Waals surface area contributed by atoms with Gasteiger partial charge in [0.15, 0.2) is 0 Å². The lowest BCUT2D eigenvalue weighted by atomic mass is 9.77. The maximum Gasteiger partial charge on any atom is 0.331 e. The van der Waals surface area contributed by atoms with Crippen molar-refractivity contribution in [1.29, 1.82) is 0 Å². The molecule has 0 aliphatic heterocycles. The zero-order chi connectivity index (χ0) is 24.2. The van der Waals surface area contributed by atoms with Crippen LogP contribution >= 0.6 is 0 Å². The van der Waals surface area contributed by atoms with Crippen molar-refractivity contribution in [3.63, 3.8) is 0 Å². The van der Waals surface area contributed by atoms with Crippen LogP contribution in [-0.2, 0) is 19.6 Å². The number of amides is 1. The number of aryl methyl sites for hydroxylation is 1. The molecule has 1 aliphatic rings. The van der Waals surface area contributed by atoms with Gasteiger partial charge in [-0.3, -0.25) is 9.52 Å². The topological polar surface area (TPSA) is 111 Å². The minimum atomic E-state index is -3.94.